The van der Waals surface area contributed by atoms with Crippen LogP contribution < -0.4 is 5.32 Å². The van der Waals surface area contributed by atoms with E-state index >= 15 is 0 Å². The Balaban J connectivity index is 1.93. The summed E-state index contributed by atoms with van der Waals surface area (Å²) in [4.78, 5) is 4.14. The van der Waals surface area contributed by atoms with Crippen LogP contribution in [-0.2, 0) is 0 Å². The zero-order chi connectivity index (χ0) is 12.1. The second-order valence-corrected chi connectivity index (χ2v) is 4.02. The van der Waals surface area contributed by atoms with Gasteiger partial charge in [-0.3, -0.25) is 0 Å². The minimum atomic E-state index is -0.516. The number of aliphatic hydroxyl groups excluding tert-OH is 1. The van der Waals surface area contributed by atoms with Crippen LogP contribution in [0, 0.1) is 6.92 Å². The van der Waals surface area contributed by atoms with Crippen molar-refractivity contribution < 1.29 is 5.11 Å². The van der Waals surface area contributed by atoms with Crippen LogP contribution in [0.15, 0.2) is 48.7 Å². The van der Waals surface area contributed by atoms with Crippen molar-refractivity contribution in [3.63, 3.8) is 0 Å². The van der Waals surface area contributed by atoms with Gasteiger partial charge in [-0.15, -0.1) is 0 Å². The van der Waals surface area contributed by atoms with Gasteiger partial charge in [0.25, 0.3) is 0 Å². The molecule has 1 atom stereocenters. The van der Waals surface area contributed by atoms with Crippen LogP contribution in [0.3, 0.4) is 0 Å². The predicted molar refractivity (Wildman–Crippen MR) is 68.9 cm³/mol. The zero-order valence-corrected chi connectivity index (χ0v) is 9.80. The Bertz CT molecular complexity index is 453. The summed E-state index contributed by atoms with van der Waals surface area (Å²) in [6.07, 6.45) is 1.21. The maximum atomic E-state index is 9.98. The molecule has 0 saturated heterocycles. The van der Waals surface area contributed by atoms with Gasteiger partial charge in [0.05, 0.1) is 6.10 Å². The number of aromatic nitrogens is 1. The van der Waals surface area contributed by atoms with E-state index in [0.717, 1.165) is 11.4 Å². The molecule has 0 bridgehead atoms. The summed E-state index contributed by atoms with van der Waals surface area (Å²) in [6, 6.07) is 13.5. The van der Waals surface area contributed by atoms with Crippen LogP contribution in [-0.4, -0.2) is 16.6 Å². The molecule has 0 aliphatic carbocycles. The molecule has 1 unspecified atom stereocenters. The summed E-state index contributed by atoms with van der Waals surface area (Å²) < 4.78 is 0. The first kappa shape index (κ1) is 11.6. The number of nitrogens with zero attached hydrogens (tertiary/aromatic N) is 1. The van der Waals surface area contributed by atoms with Gasteiger partial charge in [-0.25, -0.2) is 4.98 Å². The van der Waals surface area contributed by atoms with Gasteiger partial charge in [0.2, 0.25) is 0 Å². The second kappa shape index (κ2) is 5.46. The van der Waals surface area contributed by atoms with Gasteiger partial charge < -0.3 is 10.4 Å². The fourth-order valence-electron chi connectivity index (χ4n) is 1.58. The first-order valence-electron chi connectivity index (χ1n) is 5.65. The largest absolute Gasteiger partial charge is 0.387 e. The number of hydrogen-bond donors (Lipinski definition) is 2. The first-order chi connectivity index (χ1) is 8.25. The maximum Gasteiger partial charge on any atom is 0.125 e. The Labute approximate surface area is 101 Å². The monoisotopic (exact) mass is 228 g/mol. The highest BCUT2D eigenvalue weighted by Crippen LogP contribution is 2.14. The molecule has 0 fully saturated rings. The number of aryl methyl sites for hydroxylation is 1. The van der Waals surface area contributed by atoms with Crippen LogP contribution in [0.4, 0.5) is 5.82 Å². The number of rotatable bonds is 4. The molecule has 0 aliphatic heterocycles. The van der Waals surface area contributed by atoms with E-state index in [9.17, 15) is 5.11 Å². The molecule has 88 valence electrons. The van der Waals surface area contributed by atoms with Crippen molar-refractivity contribution in [2.24, 2.45) is 0 Å². The van der Waals surface area contributed by atoms with E-state index in [1.165, 1.54) is 5.56 Å². The Morgan fingerprint density at radius 2 is 1.94 bits per heavy atom. The lowest BCUT2D eigenvalue weighted by Gasteiger charge is -2.12. The lowest BCUT2D eigenvalue weighted by Crippen LogP contribution is -2.12. The molecule has 1 aromatic heterocycles. The molecular weight excluding hydrogens is 212 g/mol. The average molecular weight is 228 g/mol. The maximum absolute atomic E-state index is 9.98. The number of pyridine rings is 1. The molecule has 0 amide bonds. The Morgan fingerprint density at radius 3 is 2.59 bits per heavy atom. The van der Waals surface area contributed by atoms with Crippen LogP contribution in [0.2, 0.25) is 0 Å². The molecule has 2 N–H and O–H groups in total. The highest BCUT2D eigenvalue weighted by Gasteiger charge is 2.06. The topological polar surface area (TPSA) is 45.1 Å². The van der Waals surface area contributed by atoms with Gasteiger partial charge in [-0.2, -0.15) is 0 Å². The first-order valence-corrected chi connectivity index (χ1v) is 5.65. The fraction of sp³-hybridized carbons (Fsp3) is 0.214. The third kappa shape index (κ3) is 3.29. The third-order valence-corrected chi connectivity index (χ3v) is 2.60. The quantitative estimate of drug-likeness (QED) is 0.845. The lowest BCUT2D eigenvalue weighted by atomic mass is 10.1. The van der Waals surface area contributed by atoms with Gasteiger partial charge >= 0.3 is 0 Å². The summed E-state index contributed by atoms with van der Waals surface area (Å²) in [6.45, 7) is 2.49. The molecule has 3 nitrogen and oxygen atoms in total. The summed E-state index contributed by atoms with van der Waals surface area (Å²) in [5.41, 5.74) is 2.11. The van der Waals surface area contributed by atoms with Crippen LogP contribution in [0.25, 0.3) is 0 Å². The van der Waals surface area contributed by atoms with Crippen LogP contribution >= 0.6 is 0 Å². The second-order valence-electron chi connectivity index (χ2n) is 4.02. The third-order valence-electron chi connectivity index (χ3n) is 2.60. The number of hydrogen-bond acceptors (Lipinski definition) is 3. The molecule has 2 rings (SSSR count). The highest BCUT2D eigenvalue weighted by molar-refractivity contribution is 5.34. The van der Waals surface area contributed by atoms with E-state index in [0.29, 0.717) is 6.54 Å². The van der Waals surface area contributed by atoms with Crippen LogP contribution in [0.5, 0.6) is 0 Å². The van der Waals surface area contributed by atoms with Crippen molar-refractivity contribution in [2.45, 2.75) is 13.0 Å². The lowest BCUT2D eigenvalue weighted by molar-refractivity contribution is 0.191. The standard InChI is InChI=1S/C14H16N2O/c1-11-5-7-12(8-6-11)13(17)10-16-14-4-2-3-9-15-14/h2-9,13,17H,10H2,1H3,(H,15,16). The van der Waals surface area contributed by atoms with E-state index in [1.54, 1.807) is 6.20 Å². The van der Waals surface area contributed by atoms with Gasteiger partial charge in [-0.05, 0) is 24.6 Å². The number of nitrogens with one attached hydrogen (secondary N) is 1. The smallest absolute Gasteiger partial charge is 0.125 e. The fourth-order valence-corrected chi connectivity index (χ4v) is 1.58. The number of benzene rings is 1. The number of anilines is 1. The van der Waals surface area contributed by atoms with E-state index in [4.69, 9.17) is 0 Å². The van der Waals surface area contributed by atoms with E-state index in [2.05, 4.69) is 10.3 Å². The van der Waals surface area contributed by atoms with Crippen molar-refractivity contribution >= 4 is 5.82 Å². The number of aliphatic hydroxyl groups is 1. The molecular formula is C14H16N2O. The summed E-state index contributed by atoms with van der Waals surface area (Å²) in [5, 5.41) is 13.1. The van der Waals surface area contributed by atoms with E-state index < -0.39 is 6.10 Å². The van der Waals surface area contributed by atoms with Crippen molar-refractivity contribution in [2.75, 3.05) is 11.9 Å². The van der Waals surface area contributed by atoms with Gasteiger partial charge in [0.1, 0.15) is 5.82 Å². The average Bonchev–Trinajstić information content (AvgIpc) is 2.38. The molecule has 17 heavy (non-hydrogen) atoms. The minimum Gasteiger partial charge on any atom is -0.387 e. The van der Waals surface area contributed by atoms with Crippen LogP contribution in [0.1, 0.15) is 17.2 Å². The predicted octanol–water partition coefficient (Wildman–Crippen LogP) is 2.54. The molecule has 0 radical (unpaired) electrons. The molecule has 1 heterocycles. The van der Waals surface area contributed by atoms with E-state index in [1.807, 2.05) is 49.4 Å². The highest BCUT2D eigenvalue weighted by atomic mass is 16.3. The molecule has 0 spiro atoms. The molecule has 3 heteroatoms. The Hall–Kier alpha value is -1.87. The van der Waals surface area contributed by atoms with Gasteiger partial charge in [0.15, 0.2) is 0 Å². The van der Waals surface area contributed by atoms with E-state index in [-0.39, 0.29) is 0 Å². The summed E-state index contributed by atoms with van der Waals surface area (Å²) >= 11 is 0. The molecule has 1 aromatic carbocycles. The van der Waals surface area contributed by atoms with Crippen molar-refractivity contribution in [3.05, 3.63) is 59.8 Å². The van der Waals surface area contributed by atoms with Gasteiger partial charge in [0, 0.05) is 12.7 Å². The van der Waals surface area contributed by atoms with Gasteiger partial charge in [-0.1, -0.05) is 35.9 Å². The SMILES string of the molecule is Cc1ccc(C(O)CNc2ccccn2)cc1. The summed E-state index contributed by atoms with van der Waals surface area (Å²) in [7, 11) is 0. The molecule has 0 aliphatic rings. The molecule has 2 aromatic rings. The zero-order valence-electron chi connectivity index (χ0n) is 9.80. The molecule has 0 saturated carbocycles. The Morgan fingerprint density at radius 1 is 1.18 bits per heavy atom. The summed E-state index contributed by atoms with van der Waals surface area (Å²) in [5.74, 6) is 0.777. The Kier molecular flexibility index (Phi) is 3.73. The normalized spacial score (nSPS) is 12.1. The van der Waals surface area contributed by atoms with Crippen molar-refractivity contribution in [1.29, 1.82) is 0 Å². The van der Waals surface area contributed by atoms with Crippen molar-refractivity contribution in [1.82, 2.24) is 4.98 Å². The van der Waals surface area contributed by atoms with Crippen molar-refractivity contribution in [3.8, 4) is 0 Å². The minimum absolute atomic E-state index is 0.458.